The maximum absolute atomic E-state index is 11.8. The molecule has 1 amide bonds. The number of methoxy groups -OCH3 is 1. The zero-order chi connectivity index (χ0) is 19.3. The van der Waals surface area contributed by atoms with Crippen molar-refractivity contribution in [2.24, 2.45) is 4.99 Å². The van der Waals surface area contributed by atoms with Crippen molar-refractivity contribution >= 4 is 47.2 Å². The standard InChI is InChI=1S/C18H31N5O3S.HI/c1-3-19-18(22-14-17(24)20-6-9-25-2)21-13-15(16-5-4-12-27-16)23-7-10-26-11-8-23;/h4-5,12,15H,3,6-11,13-14H2,1-2H3,(H,20,24)(H2,19,21,22);1H. The van der Waals surface area contributed by atoms with E-state index >= 15 is 0 Å². The number of aliphatic imine (C=N–C) groups is 1. The summed E-state index contributed by atoms with van der Waals surface area (Å²) in [7, 11) is 1.61. The second-order valence-corrected chi connectivity index (χ2v) is 7.08. The molecule has 10 heteroatoms. The molecule has 1 unspecified atom stereocenters. The van der Waals surface area contributed by atoms with Gasteiger partial charge < -0.3 is 25.4 Å². The predicted octanol–water partition coefficient (Wildman–Crippen LogP) is 1.06. The molecule has 0 bridgehead atoms. The van der Waals surface area contributed by atoms with Gasteiger partial charge in [-0.05, 0) is 18.4 Å². The van der Waals surface area contributed by atoms with Crippen LogP contribution in [0.5, 0.6) is 0 Å². The molecule has 0 aromatic carbocycles. The van der Waals surface area contributed by atoms with Crippen molar-refractivity contribution in [3.8, 4) is 0 Å². The Morgan fingerprint density at radius 3 is 2.79 bits per heavy atom. The molecule has 1 fully saturated rings. The van der Waals surface area contributed by atoms with E-state index in [9.17, 15) is 4.79 Å². The maximum atomic E-state index is 11.8. The van der Waals surface area contributed by atoms with Gasteiger partial charge in [0.15, 0.2) is 5.96 Å². The highest BCUT2D eigenvalue weighted by molar-refractivity contribution is 14.0. The van der Waals surface area contributed by atoms with Crippen LogP contribution in [0.2, 0.25) is 0 Å². The van der Waals surface area contributed by atoms with E-state index < -0.39 is 0 Å². The van der Waals surface area contributed by atoms with Gasteiger partial charge in [0.1, 0.15) is 6.54 Å². The second kappa shape index (κ2) is 15.0. The van der Waals surface area contributed by atoms with Gasteiger partial charge in [0.2, 0.25) is 5.91 Å². The summed E-state index contributed by atoms with van der Waals surface area (Å²) < 4.78 is 10.4. The topological polar surface area (TPSA) is 87.2 Å². The van der Waals surface area contributed by atoms with Gasteiger partial charge in [-0.3, -0.25) is 9.69 Å². The van der Waals surface area contributed by atoms with E-state index in [1.165, 1.54) is 4.88 Å². The molecule has 1 aromatic rings. The van der Waals surface area contributed by atoms with Gasteiger partial charge >= 0.3 is 0 Å². The molecule has 0 spiro atoms. The molecule has 1 saturated heterocycles. The van der Waals surface area contributed by atoms with Crippen molar-refractivity contribution in [1.82, 2.24) is 20.9 Å². The molecule has 1 aliphatic heterocycles. The normalized spacial score (nSPS) is 16.1. The van der Waals surface area contributed by atoms with Gasteiger partial charge in [-0.25, -0.2) is 4.99 Å². The van der Waals surface area contributed by atoms with E-state index in [0.29, 0.717) is 19.1 Å². The largest absolute Gasteiger partial charge is 0.383 e. The number of nitrogens with zero attached hydrogens (tertiary/aromatic N) is 2. The lowest BCUT2D eigenvalue weighted by Crippen LogP contribution is -2.46. The first-order valence-electron chi connectivity index (χ1n) is 9.37. The number of morpholine rings is 1. The van der Waals surface area contributed by atoms with Gasteiger partial charge in [-0.2, -0.15) is 0 Å². The van der Waals surface area contributed by atoms with Crippen LogP contribution < -0.4 is 16.0 Å². The van der Waals surface area contributed by atoms with Crippen LogP contribution in [-0.2, 0) is 14.3 Å². The Morgan fingerprint density at radius 2 is 2.14 bits per heavy atom. The summed E-state index contributed by atoms with van der Waals surface area (Å²) in [6, 6.07) is 4.50. The first kappa shape index (κ1) is 25.1. The predicted molar refractivity (Wildman–Crippen MR) is 124 cm³/mol. The molecule has 8 nitrogen and oxygen atoms in total. The number of ether oxygens (including phenoxy) is 2. The summed E-state index contributed by atoms with van der Waals surface area (Å²) in [4.78, 5) is 20.0. The fraction of sp³-hybridized carbons (Fsp3) is 0.667. The molecule has 28 heavy (non-hydrogen) atoms. The molecule has 160 valence electrons. The van der Waals surface area contributed by atoms with Gasteiger partial charge in [-0.1, -0.05) is 6.07 Å². The van der Waals surface area contributed by atoms with Gasteiger partial charge in [0, 0.05) is 44.7 Å². The lowest BCUT2D eigenvalue weighted by molar-refractivity contribution is -0.119. The van der Waals surface area contributed by atoms with E-state index in [4.69, 9.17) is 9.47 Å². The van der Waals surface area contributed by atoms with E-state index in [0.717, 1.165) is 39.4 Å². The Kier molecular flexibility index (Phi) is 13.4. The average Bonchev–Trinajstić information content (AvgIpc) is 3.22. The zero-order valence-corrected chi connectivity index (χ0v) is 19.8. The van der Waals surface area contributed by atoms with Crippen LogP contribution in [0.3, 0.4) is 0 Å². The number of carbonyl (C=O) groups excluding carboxylic acids is 1. The Bertz CT molecular complexity index is 568. The summed E-state index contributed by atoms with van der Waals surface area (Å²) in [5.41, 5.74) is 0. The third kappa shape index (κ3) is 9.03. The highest BCUT2D eigenvalue weighted by Crippen LogP contribution is 2.25. The van der Waals surface area contributed by atoms with Crippen LogP contribution in [0.4, 0.5) is 0 Å². The van der Waals surface area contributed by atoms with Crippen LogP contribution in [0.15, 0.2) is 22.5 Å². The molecule has 1 atom stereocenters. The lowest BCUT2D eigenvalue weighted by atomic mass is 10.2. The Hall–Kier alpha value is -0.950. The molecule has 3 N–H and O–H groups in total. The number of halogens is 1. The molecule has 2 rings (SSSR count). The van der Waals surface area contributed by atoms with Crippen LogP contribution in [0, 0.1) is 0 Å². The third-order valence-electron chi connectivity index (χ3n) is 4.17. The third-order valence-corrected chi connectivity index (χ3v) is 5.15. The summed E-state index contributed by atoms with van der Waals surface area (Å²) in [5, 5.41) is 11.5. The number of rotatable bonds is 10. The van der Waals surface area contributed by atoms with Crippen LogP contribution in [0.1, 0.15) is 17.8 Å². The molecule has 0 aliphatic carbocycles. The zero-order valence-electron chi connectivity index (χ0n) is 16.6. The van der Waals surface area contributed by atoms with Crippen molar-refractivity contribution in [2.75, 3.05) is 66.2 Å². The summed E-state index contributed by atoms with van der Waals surface area (Å²) >= 11 is 1.76. The summed E-state index contributed by atoms with van der Waals surface area (Å²) in [6.07, 6.45) is 0. The van der Waals surface area contributed by atoms with E-state index in [1.807, 2.05) is 6.92 Å². The molecule has 0 radical (unpaired) electrons. The van der Waals surface area contributed by atoms with Gasteiger partial charge in [0.25, 0.3) is 0 Å². The summed E-state index contributed by atoms with van der Waals surface area (Å²) in [5.74, 6) is 0.529. The summed E-state index contributed by atoms with van der Waals surface area (Å²) in [6.45, 7) is 7.89. The Morgan fingerprint density at radius 1 is 1.36 bits per heavy atom. The van der Waals surface area contributed by atoms with Crippen LogP contribution in [-0.4, -0.2) is 83.0 Å². The highest BCUT2D eigenvalue weighted by Gasteiger charge is 2.23. The van der Waals surface area contributed by atoms with E-state index in [1.54, 1.807) is 18.4 Å². The maximum Gasteiger partial charge on any atom is 0.241 e. The molecular weight excluding hydrogens is 493 g/mol. The minimum Gasteiger partial charge on any atom is -0.383 e. The quantitative estimate of drug-likeness (QED) is 0.183. The fourth-order valence-electron chi connectivity index (χ4n) is 2.81. The number of thiophene rings is 1. The Balaban J connectivity index is 0.00000392. The van der Waals surface area contributed by atoms with Crippen LogP contribution >= 0.6 is 35.3 Å². The van der Waals surface area contributed by atoms with Gasteiger partial charge in [0.05, 0.1) is 25.9 Å². The molecule has 0 saturated carbocycles. The number of carbonyl (C=O) groups is 1. The number of hydrogen-bond donors (Lipinski definition) is 3. The molecule has 2 heterocycles. The number of guanidine groups is 1. The highest BCUT2D eigenvalue weighted by atomic mass is 127. The van der Waals surface area contributed by atoms with Gasteiger partial charge in [-0.15, -0.1) is 35.3 Å². The SMILES string of the molecule is CCNC(=NCC(=O)NCCOC)NCC(c1cccs1)N1CCOCC1.I. The minimum atomic E-state index is -0.118. The van der Waals surface area contributed by atoms with E-state index in [-0.39, 0.29) is 42.5 Å². The molecular formula is C18H32IN5O3S. The first-order chi connectivity index (χ1) is 13.2. The van der Waals surface area contributed by atoms with Crippen molar-refractivity contribution in [3.63, 3.8) is 0 Å². The average molecular weight is 525 g/mol. The van der Waals surface area contributed by atoms with Crippen molar-refractivity contribution in [2.45, 2.75) is 13.0 Å². The minimum absolute atomic E-state index is 0. The van der Waals surface area contributed by atoms with Crippen molar-refractivity contribution in [1.29, 1.82) is 0 Å². The Labute approximate surface area is 188 Å². The monoisotopic (exact) mass is 525 g/mol. The number of amides is 1. The molecule has 1 aromatic heterocycles. The van der Waals surface area contributed by atoms with Crippen molar-refractivity contribution < 1.29 is 14.3 Å². The first-order valence-corrected chi connectivity index (χ1v) is 10.3. The lowest BCUT2D eigenvalue weighted by Gasteiger charge is -2.34. The smallest absolute Gasteiger partial charge is 0.241 e. The fourth-order valence-corrected chi connectivity index (χ4v) is 3.67. The van der Waals surface area contributed by atoms with Crippen molar-refractivity contribution in [3.05, 3.63) is 22.4 Å². The number of nitrogens with one attached hydrogen (secondary N) is 3. The number of hydrogen-bond acceptors (Lipinski definition) is 6. The van der Waals surface area contributed by atoms with Crippen LogP contribution in [0.25, 0.3) is 0 Å². The van der Waals surface area contributed by atoms with E-state index in [2.05, 4.69) is 43.4 Å². The second-order valence-electron chi connectivity index (χ2n) is 6.10. The molecule has 1 aliphatic rings.